The average molecular weight is 392 g/mol. The van der Waals surface area contributed by atoms with Gasteiger partial charge in [-0.05, 0) is 46.7 Å². The maximum Gasteiger partial charge on any atom is 0.184 e. The zero-order valence-electron chi connectivity index (χ0n) is 17.2. The van der Waals surface area contributed by atoms with Gasteiger partial charge in [0.2, 0.25) is 0 Å². The fourth-order valence-corrected chi connectivity index (χ4v) is 10.3. The Balaban J connectivity index is 2.01. The number of rotatable bonds is 2. The summed E-state index contributed by atoms with van der Waals surface area (Å²) in [6, 6.07) is 36.3. The predicted molar refractivity (Wildman–Crippen MR) is 128 cm³/mol. The fraction of sp³-hybridized carbons (Fsp3) is 0.111. The zero-order valence-corrected chi connectivity index (χ0v) is 18.2. The maximum absolute atomic E-state index is 2.43. The summed E-state index contributed by atoms with van der Waals surface area (Å²) < 4.78 is 0. The highest BCUT2D eigenvalue weighted by molar-refractivity contribution is 7.21. The van der Waals surface area contributed by atoms with E-state index in [1.54, 1.807) is 0 Å². The van der Waals surface area contributed by atoms with Crippen LogP contribution in [-0.4, -0.2) is 15.1 Å². The monoisotopic (exact) mass is 391 g/mol. The van der Waals surface area contributed by atoms with E-state index < -0.39 is 8.07 Å². The van der Waals surface area contributed by atoms with Crippen LogP contribution < -0.4 is 25.6 Å². The quantitative estimate of drug-likeness (QED) is 0.470. The number of hydrogen-bond donors (Lipinski definition) is 0. The molecule has 0 aromatic heterocycles. The van der Waals surface area contributed by atoms with E-state index in [-0.39, 0.29) is 0 Å². The first-order chi connectivity index (χ1) is 14.1. The molecular weight excluding hydrogens is 366 g/mol. The van der Waals surface area contributed by atoms with Crippen LogP contribution in [0.2, 0.25) is 0 Å². The normalized spacial score (nSPS) is 14.2. The molecule has 1 heterocycles. The Morgan fingerprint density at radius 3 is 1.38 bits per heavy atom. The molecule has 0 unspecified atom stereocenters. The van der Waals surface area contributed by atoms with E-state index in [0.717, 1.165) is 0 Å². The van der Waals surface area contributed by atoms with Gasteiger partial charge in [0, 0.05) is 18.4 Å². The van der Waals surface area contributed by atoms with Crippen molar-refractivity contribution in [1.29, 1.82) is 0 Å². The van der Waals surface area contributed by atoms with Crippen LogP contribution in [0.3, 0.4) is 0 Å². The largest absolute Gasteiger partial charge is 0.345 e. The molecule has 0 aliphatic carbocycles. The summed E-state index contributed by atoms with van der Waals surface area (Å²) in [7, 11) is -0.217. The lowest BCUT2D eigenvalue weighted by Crippen LogP contribution is -2.77. The number of anilines is 2. The molecule has 0 saturated heterocycles. The molecule has 2 heteroatoms. The third-order valence-electron chi connectivity index (χ3n) is 6.25. The van der Waals surface area contributed by atoms with Gasteiger partial charge in [-0.15, -0.1) is 0 Å². The first-order valence-electron chi connectivity index (χ1n) is 10.2. The van der Waals surface area contributed by atoms with E-state index in [2.05, 4.69) is 123 Å². The van der Waals surface area contributed by atoms with Gasteiger partial charge in [-0.2, -0.15) is 0 Å². The van der Waals surface area contributed by atoms with Gasteiger partial charge in [0.25, 0.3) is 0 Å². The van der Waals surface area contributed by atoms with Crippen molar-refractivity contribution in [2.75, 3.05) is 11.9 Å². The molecule has 1 nitrogen and oxygen atoms in total. The SMILES string of the molecule is Cc1ccc2c(c1)[Si](c1ccccc1)(c1ccccc1)c1cc(C)ccc1N2C. The van der Waals surface area contributed by atoms with Crippen molar-refractivity contribution in [3.8, 4) is 0 Å². The highest BCUT2D eigenvalue weighted by Gasteiger charge is 2.47. The summed E-state index contributed by atoms with van der Waals surface area (Å²) in [5, 5.41) is 5.85. The van der Waals surface area contributed by atoms with Crippen molar-refractivity contribution < 1.29 is 0 Å². The highest BCUT2D eigenvalue weighted by atomic mass is 28.3. The molecular formula is C27H25NSi. The lowest BCUT2D eigenvalue weighted by atomic mass is 10.1. The first kappa shape index (κ1) is 18.0. The molecule has 0 spiro atoms. The molecule has 0 bridgehead atoms. The van der Waals surface area contributed by atoms with Gasteiger partial charge >= 0.3 is 0 Å². The van der Waals surface area contributed by atoms with Crippen molar-refractivity contribution in [3.63, 3.8) is 0 Å². The Labute approximate surface area is 174 Å². The molecule has 4 aromatic carbocycles. The first-order valence-corrected chi connectivity index (χ1v) is 12.2. The van der Waals surface area contributed by atoms with Crippen LogP contribution in [0.5, 0.6) is 0 Å². The third-order valence-corrected chi connectivity index (χ3v) is 11.1. The Hall–Kier alpha value is -3.10. The summed E-state index contributed by atoms with van der Waals surface area (Å²) >= 11 is 0. The van der Waals surface area contributed by atoms with Crippen molar-refractivity contribution in [3.05, 3.63) is 108 Å². The van der Waals surface area contributed by atoms with Crippen molar-refractivity contribution in [1.82, 2.24) is 0 Å². The van der Waals surface area contributed by atoms with Crippen molar-refractivity contribution >= 4 is 40.2 Å². The molecule has 1 aliphatic rings. The van der Waals surface area contributed by atoms with E-state index in [1.807, 2.05) is 0 Å². The topological polar surface area (TPSA) is 3.24 Å². The van der Waals surface area contributed by atoms with Gasteiger partial charge in [0.1, 0.15) is 0 Å². The predicted octanol–water partition coefficient (Wildman–Crippen LogP) is 3.76. The second-order valence-corrected chi connectivity index (χ2v) is 11.8. The highest BCUT2D eigenvalue weighted by Crippen LogP contribution is 2.31. The second-order valence-electron chi connectivity index (χ2n) is 8.08. The number of benzene rings is 4. The minimum Gasteiger partial charge on any atom is -0.345 e. The van der Waals surface area contributed by atoms with E-state index in [0.29, 0.717) is 0 Å². The minimum atomic E-state index is -2.42. The Morgan fingerprint density at radius 2 is 0.966 bits per heavy atom. The Morgan fingerprint density at radius 1 is 0.552 bits per heavy atom. The summed E-state index contributed by atoms with van der Waals surface area (Å²) in [5.74, 6) is 0. The van der Waals surface area contributed by atoms with Crippen LogP contribution in [0, 0.1) is 13.8 Å². The molecule has 5 rings (SSSR count). The maximum atomic E-state index is 2.43. The lowest BCUT2D eigenvalue weighted by Gasteiger charge is -2.44. The minimum absolute atomic E-state index is 1.32. The van der Waals surface area contributed by atoms with Gasteiger partial charge in [-0.1, -0.05) is 96.1 Å². The van der Waals surface area contributed by atoms with E-state index in [4.69, 9.17) is 0 Å². The Kier molecular flexibility index (Phi) is 4.18. The summed E-state index contributed by atoms with van der Waals surface area (Å²) in [4.78, 5) is 2.38. The van der Waals surface area contributed by atoms with Gasteiger partial charge in [0.05, 0.1) is 0 Å². The van der Waals surface area contributed by atoms with Crippen LogP contribution in [-0.2, 0) is 0 Å². The van der Waals surface area contributed by atoms with Crippen molar-refractivity contribution in [2.45, 2.75) is 13.8 Å². The number of aryl methyl sites for hydroxylation is 2. The molecule has 4 aromatic rings. The molecule has 0 amide bonds. The summed E-state index contributed by atoms with van der Waals surface area (Å²) in [6.45, 7) is 4.42. The number of fused-ring (bicyclic) bond motifs is 2. The van der Waals surface area contributed by atoms with E-state index in [9.17, 15) is 0 Å². The molecule has 0 radical (unpaired) electrons. The Bertz CT molecular complexity index is 1090. The molecule has 0 saturated carbocycles. The molecule has 0 N–H and O–H groups in total. The zero-order chi connectivity index (χ0) is 20.0. The molecule has 0 fully saturated rings. The second kappa shape index (κ2) is 6.75. The van der Waals surface area contributed by atoms with Crippen LogP contribution >= 0.6 is 0 Å². The summed E-state index contributed by atoms with van der Waals surface area (Å²) in [5.41, 5.74) is 5.28. The number of nitrogens with zero attached hydrogens (tertiary/aromatic N) is 1. The van der Waals surface area contributed by atoms with E-state index in [1.165, 1.54) is 43.2 Å². The van der Waals surface area contributed by atoms with Crippen molar-refractivity contribution in [2.24, 2.45) is 0 Å². The average Bonchev–Trinajstić information content (AvgIpc) is 2.75. The van der Waals surface area contributed by atoms with E-state index >= 15 is 0 Å². The van der Waals surface area contributed by atoms with Gasteiger partial charge < -0.3 is 4.90 Å². The van der Waals surface area contributed by atoms with Crippen LogP contribution in [0.1, 0.15) is 11.1 Å². The molecule has 1 aliphatic heterocycles. The fourth-order valence-electron chi connectivity index (χ4n) is 4.93. The molecule has 0 atom stereocenters. The van der Waals surface area contributed by atoms with Crippen LogP contribution in [0.15, 0.2) is 97.1 Å². The standard InChI is InChI=1S/C27H25NSi/c1-20-14-16-24-26(18-20)29(22-10-6-4-7-11-22,23-12-8-5-9-13-23)27-19-21(2)15-17-25(27)28(24)3/h4-19H,1-3H3. The van der Waals surface area contributed by atoms with Gasteiger partial charge in [-0.3, -0.25) is 0 Å². The van der Waals surface area contributed by atoms with Crippen LogP contribution in [0.4, 0.5) is 11.4 Å². The third kappa shape index (κ3) is 2.60. The number of hydrogen-bond acceptors (Lipinski definition) is 1. The molecule has 142 valence electrons. The summed E-state index contributed by atoms with van der Waals surface area (Å²) in [6.07, 6.45) is 0. The molecule has 29 heavy (non-hydrogen) atoms. The van der Waals surface area contributed by atoms with Crippen LogP contribution in [0.25, 0.3) is 0 Å². The smallest absolute Gasteiger partial charge is 0.184 e. The van der Waals surface area contributed by atoms with Gasteiger partial charge in [0.15, 0.2) is 8.07 Å². The lowest BCUT2D eigenvalue weighted by molar-refractivity contribution is 1.21. The van der Waals surface area contributed by atoms with Gasteiger partial charge in [-0.25, -0.2) is 0 Å².